The van der Waals surface area contributed by atoms with Gasteiger partial charge < -0.3 is 19.3 Å². The maximum atomic E-state index is 10.8. The van der Waals surface area contributed by atoms with E-state index >= 15 is 0 Å². The molecule has 0 atom stereocenters. The first kappa shape index (κ1) is 22.0. The summed E-state index contributed by atoms with van der Waals surface area (Å²) in [6.45, 7) is 6.39. The van der Waals surface area contributed by atoms with E-state index in [4.69, 9.17) is 9.84 Å². The van der Waals surface area contributed by atoms with Gasteiger partial charge in [-0.2, -0.15) is 0 Å². The summed E-state index contributed by atoms with van der Waals surface area (Å²) in [5.41, 5.74) is 5.34. The number of fused-ring (bicyclic) bond motifs is 1. The number of carboxylic acids is 1. The van der Waals surface area contributed by atoms with Gasteiger partial charge in [-0.3, -0.25) is 4.79 Å². The highest BCUT2D eigenvalue weighted by Gasteiger charge is 2.31. The standard InChI is InChI=1S/C28H34N2O3/c1-20-28(25-5-2-3-6-26(25)30(20)23-9-10-23)22-13-16-29(17-14-22)15-4-18-33-24-11-7-21(8-12-24)19-27(31)32/h2-3,5-8,11-12,22-23H,4,9-10,13-19H2,1H3,(H,31,32). The van der Waals surface area contributed by atoms with Crippen molar-refractivity contribution in [3.8, 4) is 5.75 Å². The van der Waals surface area contributed by atoms with Crippen LogP contribution in [0.25, 0.3) is 10.9 Å². The summed E-state index contributed by atoms with van der Waals surface area (Å²) in [7, 11) is 0. The zero-order valence-electron chi connectivity index (χ0n) is 19.5. The van der Waals surface area contributed by atoms with Crippen molar-refractivity contribution < 1.29 is 14.6 Å². The summed E-state index contributed by atoms with van der Waals surface area (Å²) >= 11 is 0. The molecule has 1 saturated carbocycles. The molecule has 2 aromatic carbocycles. The van der Waals surface area contributed by atoms with Crippen LogP contribution in [0.15, 0.2) is 48.5 Å². The molecule has 3 aromatic rings. The largest absolute Gasteiger partial charge is 0.494 e. The van der Waals surface area contributed by atoms with Gasteiger partial charge in [-0.15, -0.1) is 0 Å². The number of piperidine rings is 1. The SMILES string of the molecule is Cc1c(C2CCN(CCCOc3ccc(CC(=O)O)cc3)CC2)c2ccccc2n1C1CC1. The molecule has 1 aliphatic heterocycles. The Kier molecular flexibility index (Phi) is 6.41. The van der Waals surface area contributed by atoms with Crippen molar-refractivity contribution in [3.05, 3.63) is 65.4 Å². The summed E-state index contributed by atoms with van der Waals surface area (Å²) < 4.78 is 8.48. The van der Waals surface area contributed by atoms with Gasteiger partial charge in [-0.05, 0) is 87.4 Å². The summed E-state index contributed by atoms with van der Waals surface area (Å²) in [6, 6.07) is 17.1. The first-order valence-electron chi connectivity index (χ1n) is 12.4. The lowest BCUT2D eigenvalue weighted by atomic mass is 9.87. The van der Waals surface area contributed by atoms with Gasteiger partial charge >= 0.3 is 5.97 Å². The number of benzene rings is 2. The third-order valence-corrected chi connectivity index (χ3v) is 7.28. The number of aliphatic carboxylic acids is 1. The Morgan fingerprint density at radius 2 is 1.76 bits per heavy atom. The topological polar surface area (TPSA) is 54.7 Å². The molecule has 2 aliphatic rings. The van der Waals surface area contributed by atoms with E-state index in [-0.39, 0.29) is 6.42 Å². The van der Waals surface area contributed by atoms with Crippen molar-refractivity contribution in [2.24, 2.45) is 0 Å². The minimum Gasteiger partial charge on any atom is -0.494 e. The molecule has 1 N–H and O–H groups in total. The Hall–Kier alpha value is -2.79. The van der Waals surface area contributed by atoms with Crippen LogP contribution in [0.4, 0.5) is 0 Å². The van der Waals surface area contributed by atoms with Gasteiger partial charge in [0.15, 0.2) is 0 Å². The molecule has 1 saturated heterocycles. The van der Waals surface area contributed by atoms with Crippen LogP contribution < -0.4 is 4.74 Å². The van der Waals surface area contributed by atoms with Crippen LogP contribution in [0.1, 0.15) is 60.9 Å². The van der Waals surface area contributed by atoms with Crippen molar-refractivity contribution >= 4 is 16.9 Å². The van der Waals surface area contributed by atoms with E-state index in [2.05, 4.69) is 40.7 Å². The highest BCUT2D eigenvalue weighted by Crippen LogP contribution is 2.44. The number of para-hydroxylation sites is 1. The molecule has 0 unspecified atom stereocenters. The van der Waals surface area contributed by atoms with Gasteiger partial charge in [0.25, 0.3) is 0 Å². The molecule has 174 valence electrons. The second kappa shape index (κ2) is 9.60. The Bertz CT molecular complexity index is 1110. The second-order valence-electron chi connectivity index (χ2n) is 9.65. The normalized spacial score (nSPS) is 17.5. The summed E-state index contributed by atoms with van der Waals surface area (Å²) in [5, 5.41) is 10.3. The number of hydrogen-bond donors (Lipinski definition) is 1. The molecule has 0 spiro atoms. The lowest BCUT2D eigenvalue weighted by Crippen LogP contribution is -2.34. The molecule has 5 rings (SSSR count). The zero-order chi connectivity index (χ0) is 22.8. The number of ether oxygens (including phenoxy) is 1. The van der Waals surface area contributed by atoms with Crippen molar-refractivity contribution in [1.29, 1.82) is 0 Å². The van der Waals surface area contributed by atoms with Crippen molar-refractivity contribution in [2.45, 2.75) is 57.4 Å². The molecular formula is C28H34N2O3. The van der Waals surface area contributed by atoms with Gasteiger partial charge in [0, 0.05) is 29.2 Å². The fourth-order valence-electron chi connectivity index (χ4n) is 5.54. The van der Waals surface area contributed by atoms with Gasteiger partial charge in [0.1, 0.15) is 5.75 Å². The van der Waals surface area contributed by atoms with E-state index < -0.39 is 5.97 Å². The number of carboxylic acid groups (broad SMARTS) is 1. The molecule has 2 heterocycles. The molecule has 1 aliphatic carbocycles. The molecule has 5 nitrogen and oxygen atoms in total. The van der Waals surface area contributed by atoms with Gasteiger partial charge in [-0.1, -0.05) is 30.3 Å². The molecule has 2 fully saturated rings. The highest BCUT2D eigenvalue weighted by molar-refractivity contribution is 5.86. The predicted octanol–water partition coefficient (Wildman–Crippen LogP) is 5.56. The fraction of sp³-hybridized carbons (Fsp3) is 0.464. The average molecular weight is 447 g/mol. The van der Waals surface area contributed by atoms with E-state index in [1.165, 1.54) is 42.3 Å². The van der Waals surface area contributed by atoms with Crippen molar-refractivity contribution in [3.63, 3.8) is 0 Å². The van der Waals surface area contributed by atoms with Crippen LogP contribution in [0.2, 0.25) is 0 Å². The lowest BCUT2D eigenvalue weighted by molar-refractivity contribution is -0.136. The van der Waals surface area contributed by atoms with E-state index in [9.17, 15) is 4.79 Å². The summed E-state index contributed by atoms with van der Waals surface area (Å²) in [6.07, 6.45) is 6.16. The monoisotopic (exact) mass is 446 g/mol. The van der Waals surface area contributed by atoms with Gasteiger partial charge in [-0.25, -0.2) is 0 Å². The molecular weight excluding hydrogens is 412 g/mol. The van der Waals surface area contributed by atoms with Crippen molar-refractivity contribution in [2.75, 3.05) is 26.2 Å². The van der Waals surface area contributed by atoms with Crippen LogP contribution in [0, 0.1) is 6.92 Å². The van der Waals surface area contributed by atoms with Crippen LogP contribution in [0.3, 0.4) is 0 Å². The number of likely N-dealkylation sites (tertiary alicyclic amines) is 1. The molecule has 33 heavy (non-hydrogen) atoms. The Labute approximate surface area is 196 Å². The van der Waals surface area contributed by atoms with E-state index in [0.29, 0.717) is 12.5 Å². The first-order chi connectivity index (χ1) is 16.1. The molecule has 0 bridgehead atoms. The fourth-order valence-corrected chi connectivity index (χ4v) is 5.54. The van der Waals surface area contributed by atoms with E-state index in [1.54, 1.807) is 5.56 Å². The number of nitrogens with zero attached hydrogens (tertiary/aromatic N) is 2. The molecule has 0 radical (unpaired) electrons. The Balaban J connectivity index is 1.11. The Morgan fingerprint density at radius 3 is 2.45 bits per heavy atom. The van der Waals surface area contributed by atoms with E-state index in [0.717, 1.165) is 43.4 Å². The average Bonchev–Trinajstić information content (AvgIpc) is 3.60. The van der Waals surface area contributed by atoms with Crippen molar-refractivity contribution in [1.82, 2.24) is 9.47 Å². The molecule has 5 heteroatoms. The van der Waals surface area contributed by atoms with Crippen LogP contribution in [-0.2, 0) is 11.2 Å². The molecule has 1 aromatic heterocycles. The van der Waals surface area contributed by atoms with Crippen LogP contribution in [-0.4, -0.2) is 46.8 Å². The number of hydrogen-bond acceptors (Lipinski definition) is 3. The number of carbonyl (C=O) groups is 1. The molecule has 0 amide bonds. The quantitative estimate of drug-likeness (QED) is 0.437. The van der Waals surface area contributed by atoms with Gasteiger partial charge in [0.2, 0.25) is 0 Å². The number of aromatic nitrogens is 1. The van der Waals surface area contributed by atoms with Crippen LogP contribution >= 0.6 is 0 Å². The highest BCUT2D eigenvalue weighted by atomic mass is 16.5. The van der Waals surface area contributed by atoms with Crippen LogP contribution in [0.5, 0.6) is 5.75 Å². The maximum Gasteiger partial charge on any atom is 0.307 e. The summed E-state index contributed by atoms with van der Waals surface area (Å²) in [4.78, 5) is 13.4. The maximum absolute atomic E-state index is 10.8. The lowest BCUT2D eigenvalue weighted by Gasteiger charge is -2.32. The third-order valence-electron chi connectivity index (χ3n) is 7.28. The summed E-state index contributed by atoms with van der Waals surface area (Å²) in [5.74, 6) is 0.661. The first-order valence-corrected chi connectivity index (χ1v) is 12.4. The van der Waals surface area contributed by atoms with E-state index in [1.807, 2.05) is 24.3 Å². The zero-order valence-corrected chi connectivity index (χ0v) is 19.5. The number of rotatable bonds is 9. The predicted molar refractivity (Wildman–Crippen MR) is 131 cm³/mol. The minimum atomic E-state index is -0.809. The Morgan fingerprint density at radius 1 is 1.03 bits per heavy atom. The van der Waals surface area contributed by atoms with Gasteiger partial charge in [0.05, 0.1) is 13.0 Å². The second-order valence-corrected chi connectivity index (χ2v) is 9.65. The minimum absolute atomic E-state index is 0.0524. The smallest absolute Gasteiger partial charge is 0.307 e. The third kappa shape index (κ3) is 4.93.